The van der Waals surface area contributed by atoms with Crippen LogP contribution < -0.4 is 0 Å². The van der Waals surface area contributed by atoms with Crippen LogP contribution in [0.15, 0.2) is 0 Å². The fourth-order valence-electron chi connectivity index (χ4n) is 10.2. The van der Waals surface area contributed by atoms with Crippen molar-refractivity contribution in [2.45, 2.75) is 141 Å². The van der Waals surface area contributed by atoms with Crippen LogP contribution in [0.25, 0.3) is 0 Å². The van der Waals surface area contributed by atoms with Crippen LogP contribution in [-0.4, -0.2) is 47.9 Å². The Morgan fingerprint density at radius 3 is 1.41 bits per heavy atom. The Kier molecular flexibility index (Phi) is 5.80. The molecule has 2 spiro atoms. The van der Waals surface area contributed by atoms with Crippen LogP contribution in [0.1, 0.15) is 92.9 Å². The van der Waals surface area contributed by atoms with Crippen molar-refractivity contribution in [2.24, 2.45) is 47.3 Å². The summed E-state index contributed by atoms with van der Waals surface area (Å²) in [7, 11) is 0. The monoisotopic (exact) mass is 550 g/mol. The molecule has 16 atom stereocenters. The van der Waals surface area contributed by atoms with Gasteiger partial charge in [0.1, 0.15) is 0 Å². The van der Waals surface area contributed by atoms with Gasteiger partial charge in [0.05, 0.1) is 0 Å². The summed E-state index contributed by atoms with van der Waals surface area (Å²) in [5.41, 5.74) is -1.21. The van der Waals surface area contributed by atoms with Crippen molar-refractivity contribution < 1.29 is 43.2 Å². The van der Waals surface area contributed by atoms with E-state index in [1.165, 1.54) is 0 Å². The first-order chi connectivity index (χ1) is 18.6. The molecule has 0 amide bonds. The highest BCUT2D eigenvalue weighted by Gasteiger charge is 2.72. The zero-order chi connectivity index (χ0) is 26.9. The maximum Gasteiger partial charge on any atom is 0.201 e. The highest BCUT2D eigenvalue weighted by atomic mass is 17.3. The van der Waals surface area contributed by atoms with Crippen molar-refractivity contribution in [3.05, 3.63) is 0 Å². The Morgan fingerprint density at radius 1 is 0.538 bits per heavy atom. The van der Waals surface area contributed by atoms with Gasteiger partial charge in [0.2, 0.25) is 11.6 Å². The van der Waals surface area contributed by atoms with Crippen LogP contribution in [0.4, 0.5) is 0 Å². The standard InChI is InChI=1S/C30H46O9/c1-15-7-9-21-17(3)23(32-25-29(21)19(15)11-13-27(5,34-25)36-38-29)31-24-18(4)22-10-8-16(2)20-12-14-28(6)35-26(33-24)30(20,22)39-37-28/h15-26H,7-14H2,1-6H3/t15-,16-,17-,18-,19+,20+,21+,22+,23-,24-,25-,26-,27+,28+,29-,30-/m1/s1. The van der Waals surface area contributed by atoms with Crippen molar-refractivity contribution in [3.63, 3.8) is 0 Å². The molecule has 0 N–H and O–H groups in total. The molecule has 8 aliphatic heterocycles. The van der Waals surface area contributed by atoms with Gasteiger partial charge in [-0.2, -0.15) is 0 Å². The van der Waals surface area contributed by atoms with Crippen molar-refractivity contribution in [1.29, 1.82) is 0 Å². The Balaban J connectivity index is 1.09. The van der Waals surface area contributed by atoms with Gasteiger partial charge in [-0.05, 0) is 76.0 Å². The van der Waals surface area contributed by atoms with E-state index < -0.39 is 47.9 Å². The third-order valence-electron chi connectivity index (χ3n) is 12.5. The number of ether oxygens (including phenoxy) is 5. The third-order valence-corrected chi connectivity index (χ3v) is 12.5. The maximum absolute atomic E-state index is 6.85. The molecule has 4 bridgehead atoms. The fourth-order valence-corrected chi connectivity index (χ4v) is 10.2. The Bertz CT molecular complexity index is 919. The van der Waals surface area contributed by atoms with E-state index in [-0.39, 0.29) is 23.7 Å². The second-order valence-corrected chi connectivity index (χ2v) is 14.7. The van der Waals surface area contributed by atoms with Crippen molar-refractivity contribution in [2.75, 3.05) is 0 Å². The van der Waals surface area contributed by atoms with E-state index in [2.05, 4.69) is 27.7 Å². The molecular formula is C30H46O9. The Labute approximate surface area is 231 Å². The van der Waals surface area contributed by atoms with Gasteiger partial charge in [-0.3, -0.25) is 0 Å². The molecular weight excluding hydrogens is 504 g/mol. The van der Waals surface area contributed by atoms with Crippen molar-refractivity contribution in [3.8, 4) is 0 Å². The lowest BCUT2D eigenvalue weighted by atomic mass is 9.58. The molecule has 8 saturated heterocycles. The molecule has 9 nitrogen and oxygen atoms in total. The maximum atomic E-state index is 6.85. The van der Waals surface area contributed by atoms with Gasteiger partial charge in [0.25, 0.3) is 0 Å². The quantitative estimate of drug-likeness (QED) is 0.419. The highest BCUT2D eigenvalue weighted by Crippen LogP contribution is 2.63. The largest absolute Gasteiger partial charge is 0.323 e. The van der Waals surface area contributed by atoms with E-state index in [4.69, 9.17) is 43.2 Å². The second kappa shape index (κ2) is 8.60. The van der Waals surface area contributed by atoms with Crippen LogP contribution in [-0.2, 0) is 43.2 Å². The van der Waals surface area contributed by atoms with Gasteiger partial charge in [-0.25, -0.2) is 19.6 Å². The van der Waals surface area contributed by atoms with Gasteiger partial charge in [0, 0.05) is 36.5 Å². The molecule has 0 aromatic carbocycles. The molecule has 9 heteroatoms. The van der Waals surface area contributed by atoms with Crippen molar-refractivity contribution >= 4 is 0 Å². The summed E-state index contributed by atoms with van der Waals surface area (Å²) in [6, 6.07) is 0. The van der Waals surface area contributed by atoms with Gasteiger partial charge < -0.3 is 23.7 Å². The summed E-state index contributed by atoms with van der Waals surface area (Å²) >= 11 is 0. The number of hydrogen-bond acceptors (Lipinski definition) is 9. The minimum atomic E-state index is -0.808. The van der Waals surface area contributed by atoms with E-state index in [1.54, 1.807) is 0 Å². The fraction of sp³-hybridized carbons (Fsp3) is 1.00. The van der Waals surface area contributed by atoms with Gasteiger partial charge in [-0.1, -0.05) is 27.7 Å². The molecule has 8 heterocycles. The molecule has 10 fully saturated rings. The predicted octanol–water partition coefficient (Wildman–Crippen LogP) is 5.42. The van der Waals surface area contributed by atoms with E-state index in [0.29, 0.717) is 23.7 Å². The first-order valence-corrected chi connectivity index (χ1v) is 15.6. The van der Waals surface area contributed by atoms with Crippen molar-refractivity contribution in [1.82, 2.24) is 0 Å². The summed E-state index contributed by atoms with van der Waals surface area (Å²) in [5.74, 6) is 0.661. The smallest absolute Gasteiger partial charge is 0.201 e. The minimum absolute atomic E-state index is 0.0836. The Hall–Kier alpha value is -0.360. The molecule has 2 aliphatic carbocycles. The van der Waals surface area contributed by atoms with Gasteiger partial charge >= 0.3 is 0 Å². The molecule has 10 rings (SSSR count). The molecule has 0 unspecified atom stereocenters. The summed E-state index contributed by atoms with van der Waals surface area (Å²) in [6.07, 6.45) is 5.95. The molecule has 220 valence electrons. The van der Waals surface area contributed by atoms with Crippen LogP contribution >= 0.6 is 0 Å². The molecule has 0 aromatic rings. The van der Waals surface area contributed by atoms with Crippen LogP contribution in [0.3, 0.4) is 0 Å². The summed E-state index contributed by atoms with van der Waals surface area (Å²) < 4.78 is 33.4. The molecule has 39 heavy (non-hydrogen) atoms. The average Bonchev–Trinajstić information content (AvgIpc) is 3.27. The first-order valence-electron chi connectivity index (χ1n) is 15.6. The molecule has 0 aromatic heterocycles. The average molecular weight is 551 g/mol. The SMILES string of the molecule is C[C@H]1[C@H](O[C@@H]2O[C@@H]3O[C@]4(C)CC[C@H]5[C@H](C)CC[C@@H]([C@H]2C)[C@@]35OO4)O[C@@H]2O[C@]3(C)CC[C@H]4[C@H](C)CC[C@@H]1[C@@]24OO3. The van der Waals surface area contributed by atoms with Crippen LogP contribution in [0.5, 0.6) is 0 Å². The Morgan fingerprint density at radius 2 is 0.974 bits per heavy atom. The van der Waals surface area contributed by atoms with E-state index >= 15 is 0 Å². The number of hydrogen-bond donors (Lipinski definition) is 0. The van der Waals surface area contributed by atoms with E-state index in [1.807, 2.05) is 13.8 Å². The third kappa shape index (κ3) is 3.45. The van der Waals surface area contributed by atoms with E-state index in [9.17, 15) is 0 Å². The first kappa shape index (κ1) is 26.3. The summed E-state index contributed by atoms with van der Waals surface area (Å²) in [6.45, 7) is 13.0. The second-order valence-electron chi connectivity index (χ2n) is 14.7. The van der Waals surface area contributed by atoms with Crippen LogP contribution in [0, 0.1) is 47.3 Å². The molecule has 0 radical (unpaired) electrons. The lowest BCUT2D eigenvalue weighted by molar-refractivity contribution is -0.590. The molecule has 10 aliphatic rings. The minimum Gasteiger partial charge on any atom is -0.323 e. The zero-order valence-electron chi connectivity index (χ0n) is 24.3. The van der Waals surface area contributed by atoms with E-state index in [0.717, 1.165) is 51.4 Å². The lowest BCUT2D eigenvalue weighted by Crippen LogP contribution is -2.72. The topological polar surface area (TPSA) is 83.1 Å². The lowest BCUT2D eigenvalue weighted by Gasteiger charge is -2.62. The van der Waals surface area contributed by atoms with Gasteiger partial charge in [0.15, 0.2) is 36.4 Å². The highest BCUT2D eigenvalue weighted by molar-refractivity contribution is 5.11. The number of rotatable bonds is 2. The predicted molar refractivity (Wildman–Crippen MR) is 135 cm³/mol. The van der Waals surface area contributed by atoms with Gasteiger partial charge in [-0.15, -0.1) is 0 Å². The zero-order valence-corrected chi connectivity index (χ0v) is 24.3. The number of fused-ring (bicyclic) bond motifs is 4. The molecule has 2 saturated carbocycles. The van der Waals surface area contributed by atoms with Crippen LogP contribution in [0.2, 0.25) is 0 Å². The summed E-state index contributed by atoms with van der Waals surface area (Å²) in [5, 5.41) is 0. The summed E-state index contributed by atoms with van der Waals surface area (Å²) in [4.78, 5) is 24.6. The normalized spacial score (nSPS) is 63.5.